The van der Waals surface area contributed by atoms with Gasteiger partial charge in [0.25, 0.3) is 0 Å². The Kier molecular flexibility index (Phi) is 10.6. The highest BCUT2D eigenvalue weighted by molar-refractivity contribution is 5.90. The summed E-state index contributed by atoms with van der Waals surface area (Å²) in [5.74, 6) is -3.34. The minimum absolute atomic E-state index is 0.395. The van der Waals surface area contributed by atoms with Crippen molar-refractivity contribution in [2.24, 2.45) is 11.3 Å². The van der Waals surface area contributed by atoms with Crippen molar-refractivity contribution < 1.29 is 33.7 Å². The molecule has 224 valence electrons. The van der Waals surface area contributed by atoms with Gasteiger partial charge in [-0.25, -0.2) is 9.59 Å². The number of rotatable bonds is 13. The van der Waals surface area contributed by atoms with Gasteiger partial charge >= 0.3 is 11.9 Å². The number of hydrogen-bond donors (Lipinski definition) is 2. The van der Waals surface area contributed by atoms with Crippen molar-refractivity contribution in [3.63, 3.8) is 0 Å². The normalized spacial score (nSPS) is 17.9. The molecule has 0 radical (unpaired) electrons. The molecule has 1 heterocycles. The van der Waals surface area contributed by atoms with E-state index in [-0.39, 0.29) is 0 Å². The molecular formula is C33H45NO7. The van der Waals surface area contributed by atoms with Crippen LogP contribution in [0.25, 0.3) is 11.1 Å². The summed E-state index contributed by atoms with van der Waals surface area (Å²) >= 11 is 0. The standard InChI is InChI=1S/C33H45NO7/c1-21-19-22(17-18-25(21)23-14-12-15-24(20-23)39-7)13-10-8-9-11-16-26(27-31(38)41-33(5,6)40-27)29(35)34-28(30(36)37)32(2,3)4/h12,14-15,17-20,26-28H,8-11,13,16H2,1-7H3,(H,34,35)(H,36,37)/t26-,27+,28-/m1/s1. The molecule has 3 atom stereocenters. The minimum Gasteiger partial charge on any atom is -0.497 e. The lowest BCUT2D eigenvalue weighted by Gasteiger charge is -2.30. The van der Waals surface area contributed by atoms with Crippen LogP contribution in [-0.2, 0) is 30.3 Å². The van der Waals surface area contributed by atoms with Crippen LogP contribution in [0.3, 0.4) is 0 Å². The fraction of sp³-hybridized carbons (Fsp3) is 0.545. The molecule has 41 heavy (non-hydrogen) atoms. The first-order valence-corrected chi connectivity index (χ1v) is 14.4. The molecule has 8 nitrogen and oxygen atoms in total. The third-order valence-electron chi connectivity index (χ3n) is 7.49. The molecule has 8 heteroatoms. The molecule has 0 spiro atoms. The van der Waals surface area contributed by atoms with E-state index in [0.717, 1.165) is 37.0 Å². The molecule has 1 saturated heterocycles. The largest absolute Gasteiger partial charge is 0.497 e. The SMILES string of the molecule is COc1cccc(-c2ccc(CCCCCC[C@@H](C(=O)N[C@H](C(=O)O)C(C)(C)C)[C@@H]3OC(C)(C)OC3=O)cc2C)c1. The van der Waals surface area contributed by atoms with Crippen molar-refractivity contribution in [1.82, 2.24) is 5.32 Å². The molecule has 1 fully saturated rings. The Balaban J connectivity index is 1.56. The molecule has 0 saturated carbocycles. The summed E-state index contributed by atoms with van der Waals surface area (Å²) in [7, 11) is 1.67. The number of benzene rings is 2. The van der Waals surface area contributed by atoms with Crippen LogP contribution in [-0.4, -0.2) is 48.0 Å². The maximum atomic E-state index is 13.3. The lowest BCUT2D eigenvalue weighted by atomic mass is 9.85. The number of unbranched alkanes of at least 4 members (excludes halogenated alkanes) is 3. The highest BCUT2D eigenvalue weighted by Gasteiger charge is 2.48. The molecule has 0 aromatic heterocycles. The van der Waals surface area contributed by atoms with E-state index < -0.39 is 47.1 Å². The van der Waals surface area contributed by atoms with Crippen LogP contribution in [0, 0.1) is 18.3 Å². The van der Waals surface area contributed by atoms with Crippen molar-refractivity contribution >= 4 is 17.8 Å². The highest BCUT2D eigenvalue weighted by atomic mass is 16.8. The Morgan fingerprint density at radius 2 is 1.78 bits per heavy atom. The van der Waals surface area contributed by atoms with E-state index in [9.17, 15) is 19.5 Å². The summed E-state index contributed by atoms with van der Waals surface area (Å²) in [5, 5.41) is 12.3. The second-order valence-corrected chi connectivity index (χ2v) is 12.4. The number of carboxylic acids is 1. The molecule has 0 aliphatic carbocycles. The van der Waals surface area contributed by atoms with Crippen molar-refractivity contribution in [3.8, 4) is 16.9 Å². The first kappa shape index (κ1) is 32.1. The Morgan fingerprint density at radius 1 is 1.07 bits per heavy atom. The summed E-state index contributed by atoms with van der Waals surface area (Å²) in [6, 6.07) is 13.5. The van der Waals surface area contributed by atoms with E-state index in [0.29, 0.717) is 12.8 Å². The van der Waals surface area contributed by atoms with E-state index in [4.69, 9.17) is 14.2 Å². The Morgan fingerprint density at radius 3 is 2.37 bits per heavy atom. The molecule has 0 bridgehead atoms. The lowest BCUT2D eigenvalue weighted by molar-refractivity contribution is -0.162. The van der Waals surface area contributed by atoms with Crippen LogP contribution in [0.1, 0.15) is 77.8 Å². The second-order valence-electron chi connectivity index (χ2n) is 12.4. The predicted octanol–water partition coefficient (Wildman–Crippen LogP) is 6.07. The molecule has 1 aliphatic heterocycles. The number of aliphatic carboxylic acids is 1. The number of aryl methyl sites for hydroxylation is 2. The van der Waals surface area contributed by atoms with Crippen LogP contribution in [0.15, 0.2) is 42.5 Å². The maximum absolute atomic E-state index is 13.3. The number of carbonyl (C=O) groups is 3. The van der Waals surface area contributed by atoms with Crippen molar-refractivity contribution in [3.05, 3.63) is 53.6 Å². The van der Waals surface area contributed by atoms with E-state index in [1.54, 1.807) is 41.7 Å². The van der Waals surface area contributed by atoms with Gasteiger partial charge in [-0.2, -0.15) is 0 Å². The number of carboxylic acid groups (broad SMARTS) is 1. The van der Waals surface area contributed by atoms with Crippen molar-refractivity contribution in [2.45, 2.75) is 98.0 Å². The number of methoxy groups -OCH3 is 1. The number of nitrogens with one attached hydrogen (secondary N) is 1. The van der Waals surface area contributed by atoms with Gasteiger partial charge in [0, 0.05) is 13.8 Å². The van der Waals surface area contributed by atoms with Crippen LogP contribution >= 0.6 is 0 Å². The van der Waals surface area contributed by atoms with Gasteiger partial charge in [-0.3, -0.25) is 4.79 Å². The molecule has 0 unspecified atom stereocenters. The molecule has 1 aliphatic rings. The molecule has 2 aromatic rings. The highest BCUT2D eigenvalue weighted by Crippen LogP contribution is 2.32. The van der Waals surface area contributed by atoms with Crippen molar-refractivity contribution in [2.75, 3.05) is 7.11 Å². The predicted molar refractivity (Wildman–Crippen MR) is 158 cm³/mol. The fourth-order valence-electron chi connectivity index (χ4n) is 5.29. The zero-order valence-corrected chi connectivity index (χ0v) is 25.4. The Labute approximate surface area is 243 Å². The van der Waals surface area contributed by atoms with Gasteiger partial charge in [0.1, 0.15) is 11.8 Å². The third-order valence-corrected chi connectivity index (χ3v) is 7.49. The van der Waals surface area contributed by atoms with Gasteiger partial charge in [-0.15, -0.1) is 0 Å². The second kappa shape index (κ2) is 13.5. The van der Waals surface area contributed by atoms with Gasteiger partial charge in [0.15, 0.2) is 6.10 Å². The van der Waals surface area contributed by atoms with Crippen LogP contribution in [0.2, 0.25) is 0 Å². The van der Waals surface area contributed by atoms with E-state index in [1.165, 1.54) is 16.7 Å². The molecule has 2 N–H and O–H groups in total. The Bertz CT molecular complexity index is 1230. The Hall–Kier alpha value is -3.39. The fourth-order valence-corrected chi connectivity index (χ4v) is 5.29. The number of hydrogen-bond acceptors (Lipinski definition) is 6. The number of carbonyl (C=O) groups excluding carboxylic acids is 2. The third kappa shape index (κ3) is 8.80. The zero-order chi connectivity index (χ0) is 30.4. The summed E-state index contributed by atoms with van der Waals surface area (Å²) in [6.45, 7) is 10.6. The molecule has 2 aromatic carbocycles. The van der Waals surface area contributed by atoms with Crippen molar-refractivity contribution in [1.29, 1.82) is 0 Å². The van der Waals surface area contributed by atoms with Crippen LogP contribution < -0.4 is 10.1 Å². The number of cyclic esters (lactones) is 1. The van der Waals surface area contributed by atoms with Gasteiger partial charge in [0.05, 0.1) is 13.0 Å². The van der Waals surface area contributed by atoms with Gasteiger partial charge < -0.3 is 24.6 Å². The van der Waals surface area contributed by atoms with Crippen LogP contribution in [0.5, 0.6) is 5.75 Å². The molecular weight excluding hydrogens is 522 g/mol. The minimum atomic E-state index is -1.13. The average Bonchev–Trinajstić information content (AvgIpc) is 3.17. The van der Waals surface area contributed by atoms with Gasteiger partial charge in [-0.1, -0.05) is 70.4 Å². The van der Waals surface area contributed by atoms with Gasteiger partial charge in [-0.05, 0) is 66.0 Å². The van der Waals surface area contributed by atoms with E-state index in [2.05, 4.69) is 36.5 Å². The summed E-state index contributed by atoms with van der Waals surface area (Å²) < 4.78 is 16.4. The van der Waals surface area contributed by atoms with E-state index >= 15 is 0 Å². The maximum Gasteiger partial charge on any atom is 0.338 e. The zero-order valence-electron chi connectivity index (χ0n) is 25.4. The van der Waals surface area contributed by atoms with E-state index in [1.807, 2.05) is 18.2 Å². The summed E-state index contributed by atoms with van der Waals surface area (Å²) in [5.41, 5.74) is 4.10. The number of ether oxygens (including phenoxy) is 3. The van der Waals surface area contributed by atoms with Crippen LogP contribution in [0.4, 0.5) is 0 Å². The molecule has 3 rings (SSSR count). The quantitative estimate of drug-likeness (QED) is 0.223. The number of amides is 1. The smallest absolute Gasteiger partial charge is 0.338 e. The number of esters is 1. The first-order valence-electron chi connectivity index (χ1n) is 14.4. The summed E-state index contributed by atoms with van der Waals surface area (Å²) in [6.07, 6.45) is 3.81. The lowest BCUT2D eigenvalue weighted by Crippen LogP contribution is -2.52. The first-order chi connectivity index (χ1) is 19.2. The summed E-state index contributed by atoms with van der Waals surface area (Å²) in [4.78, 5) is 37.7. The average molecular weight is 568 g/mol. The molecule has 1 amide bonds. The monoisotopic (exact) mass is 567 g/mol. The van der Waals surface area contributed by atoms with Gasteiger partial charge in [0.2, 0.25) is 11.7 Å². The topological polar surface area (TPSA) is 111 Å².